The second-order valence-corrected chi connectivity index (χ2v) is 5.67. The quantitative estimate of drug-likeness (QED) is 0.815. The number of ether oxygens (including phenoxy) is 1. The molecule has 2 aliphatic rings. The van der Waals surface area contributed by atoms with E-state index in [0.29, 0.717) is 17.2 Å². The average molecular weight is 260 g/mol. The molecule has 1 heterocycles. The van der Waals surface area contributed by atoms with Crippen LogP contribution in [0.4, 0.5) is 5.69 Å². The smallest absolute Gasteiger partial charge is 0.251 e. The van der Waals surface area contributed by atoms with Gasteiger partial charge in [-0.3, -0.25) is 4.79 Å². The predicted octanol–water partition coefficient (Wildman–Crippen LogP) is 1.87. The largest absolute Gasteiger partial charge is 0.399 e. The molecule has 2 unspecified atom stereocenters. The first-order valence-corrected chi connectivity index (χ1v) is 6.93. The Kier molecular flexibility index (Phi) is 3.19. The van der Waals surface area contributed by atoms with Crippen LogP contribution in [0, 0.1) is 12.8 Å². The molecule has 19 heavy (non-hydrogen) atoms. The molecule has 1 amide bonds. The van der Waals surface area contributed by atoms with Crippen LogP contribution in [0.25, 0.3) is 0 Å². The summed E-state index contributed by atoms with van der Waals surface area (Å²) in [6.07, 6.45) is 3.59. The van der Waals surface area contributed by atoms with E-state index in [1.165, 1.54) is 12.8 Å². The Bertz CT molecular complexity index is 477. The molecule has 1 aromatic carbocycles. The van der Waals surface area contributed by atoms with Gasteiger partial charge in [0.25, 0.3) is 5.91 Å². The third-order valence-electron chi connectivity index (χ3n) is 3.90. The number of benzene rings is 1. The molecule has 2 fully saturated rings. The average Bonchev–Trinajstić information content (AvgIpc) is 3.09. The van der Waals surface area contributed by atoms with E-state index in [1.54, 1.807) is 6.07 Å². The molecule has 1 aliphatic carbocycles. The highest BCUT2D eigenvalue weighted by Gasteiger charge is 2.41. The predicted molar refractivity (Wildman–Crippen MR) is 73.9 cm³/mol. The number of anilines is 1. The van der Waals surface area contributed by atoms with Gasteiger partial charge in [-0.05, 0) is 55.9 Å². The normalized spacial score (nSPS) is 26.4. The third kappa shape index (κ3) is 2.73. The van der Waals surface area contributed by atoms with Gasteiger partial charge in [0.05, 0.1) is 12.1 Å². The van der Waals surface area contributed by atoms with Gasteiger partial charge in [0.1, 0.15) is 0 Å². The van der Waals surface area contributed by atoms with Gasteiger partial charge in [0.2, 0.25) is 0 Å². The van der Waals surface area contributed by atoms with E-state index >= 15 is 0 Å². The first-order chi connectivity index (χ1) is 9.13. The van der Waals surface area contributed by atoms with Crippen LogP contribution in [-0.4, -0.2) is 24.7 Å². The molecule has 4 nitrogen and oxygen atoms in total. The number of aryl methyl sites for hydroxylation is 1. The topological polar surface area (TPSA) is 64.4 Å². The lowest BCUT2D eigenvalue weighted by Crippen LogP contribution is -2.41. The van der Waals surface area contributed by atoms with Crippen LogP contribution in [0.15, 0.2) is 18.2 Å². The molecule has 3 N–H and O–H groups in total. The molecular weight excluding hydrogens is 240 g/mol. The standard InChI is InChI=1S/C15H20N2O2/c1-9-6-11(8-12(16)7-9)15(18)17-13-4-5-19-14(13)10-2-3-10/h6-8,10,13-14H,2-5,16H2,1H3,(H,17,18). The van der Waals surface area contributed by atoms with Crippen LogP contribution in [0.5, 0.6) is 0 Å². The van der Waals surface area contributed by atoms with Crippen molar-refractivity contribution < 1.29 is 9.53 Å². The highest BCUT2D eigenvalue weighted by molar-refractivity contribution is 5.95. The van der Waals surface area contributed by atoms with E-state index in [-0.39, 0.29) is 18.1 Å². The first-order valence-electron chi connectivity index (χ1n) is 6.93. The Balaban J connectivity index is 1.70. The molecule has 1 saturated carbocycles. The molecule has 102 valence electrons. The van der Waals surface area contributed by atoms with Crippen molar-refractivity contribution in [3.8, 4) is 0 Å². The number of nitrogens with one attached hydrogen (secondary N) is 1. The van der Waals surface area contributed by atoms with E-state index in [1.807, 2.05) is 19.1 Å². The summed E-state index contributed by atoms with van der Waals surface area (Å²) < 4.78 is 5.73. The van der Waals surface area contributed by atoms with Gasteiger partial charge in [-0.25, -0.2) is 0 Å². The summed E-state index contributed by atoms with van der Waals surface area (Å²) >= 11 is 0. The van der Waals surface area contributed by atoms with E-state index in [9.17, 15) is 4.79 Å². The van der Waals surface area contributed by atoms with Crippen molar-refractivity contribution in [2.24, 2.45) is 5.92 Å². The summed E-state index contributed by atoms with van der Waals surface area (Å²) in [7, 11) is 0. The molecule has 0 radical (unpaired) electrons. The minimum atomic E-state index is -0.0449. The van der Waals surface area contributed by atoms with E-state index in [0.717, 1.165) is 18.6 Å². The van der Waals surface area contributed by atoms with Crippen molar-refractivity contribution in [1.29, 1.82) is 0 Å². The highest BCUT2D eigenvalue weighted by atomic mass is 16.5. The fourth-order valence-electron chi connectivity index (χ4n) is 2.85. The Hall–Kier alpha value is -1.55. The fourth-order valence-corrected chi connectivity index (χ4v) is 2.85. The zero-order valence-electron chi connectivity index (χ0n) is 11.2. The molecule has 0 bridgehead atoms. The summed E-state index contributed by atoms with van der Waals surface area (Å²) in [4.78, 5) is 12.3. The van der Waals surface area contributed by atoms with Crippen molar-refractivity contribution in [3.05, 3.63) is 29.3 Å². The van der Waals surface area contributed by atoms with Crippen LogP contribution in [-0.2, 0) is 4.74 Å². The Morgan fingerprint density at radius 2 is 2.11 bits per heavy atom. The molecule has 2 atom stereocenters. The van der Waals surface area contributed by atoms with Crippen LogP contribution in [0.2, 0.25) is 0 Å². The van der Waals surface area contributed by atoms with Crippen molar-refractivity contribution in [2.45, 2.75) is 38.3 Å². The Labute approximate surface area is 113 Å². The number of carbonyl (C=O) groups is 1. The van der Waals surface area contributed by atoms with Gasteiger partial charge >= 0.3 is 0 Å². The zero-order chi connectivity index (χ0) is 13.4. The molecule has 3 rings (SSSR count). The van der Waals surface area contributed by atoms with E-state index < -0.39 is 0 Å². The molecule has 0 spiro atoms. The zero-order valence-corrected chi connectivity index (χ0v) is 11.2. The van der Waals surface area contributed by atoms with Crippen molar-refractivity contribution in [1.82, 2.24) is 5.32 Å². The van der Waals surface area contributed by atoms with Crippen LogP contribution in [0.3, 0.4) is 0 Å². The Morgan fingerprint density at radius 1 is 1.32 bits per heavy atom. The fraction of sp³-hybridized carbons (Fsp3) is 0.533. The lowest BCUT2D eigenvalue weighted by atomic mass is 10.0. The van der Waals surface area contributed by atoms with Crippen LogP contribution >= 0.6 is 0 Å². The number of nitrogen functional groups attached to an aromatic ring is 1. The minimum absolute atomic E-state index is 0.0449. The molecule has 0 aromatic heterocycles. The number of carbonyl (C=O) groups excluding carboxylic acids is 1. The molecule has 1 aliphatic heterocycles. The number of hydrogen-bond donors (Lipinski definition) is 2. The maximum Gasteiger partial charge on any atom is 0.251 e. The third-order valence-corrected chi connectivity index (χ3v) is 3.90. The summed E-state index contributed by atoms with van der Waals surface area (Å²) in [5.74, 6) is 0.604. The van der Waals surface area contributed by atoms with Crippen molar-refractivity contribution in [2.75, 3.05) is 12.3 Å². The maximum absolute atomic E-state index is 12.3. The molecule has 1 aromatic rings. The highest BCUT2D eigenvalue weighted by Crippen LogP contribution is 2.38. The monoisotopic (exact) mass is 260 g/mol. The van der Waals surface area contributed by atoms with Crippen molar-refractivity contribution >= 4 is 11.6 Å². The SMILES string of the molecule is Cc1cc(N)cc(C(=O)NC2CCOC2C2CC2)c1. The summed E-state index contributed by atoms with van der Waals surface area (Å²) in [6.45, 7) is 2.70. The summed E-state index contributed by atoms with van der Waals surface area (Å²) in [5.41, 5.74) is 8.06. The molecule has 4 heteroatoms. The summed E-state index contributed by atoms with van der Waals surface area (Å²) in [6, 6.07) is 5.61. The van der Waals surface area contributed by atoms with Crippen LogP contribution in [0.1, 0.15) is 35.2 Å². The lowest BCUT2D eigenvalue weighted by molar-refractivity contribution is 0.0729. The van der Waals surface area contributed by atoms with Gasteiger partial charge in [-0.2, -0.15) is 0 Å². The van der Waals surface area contributed by atoms with Gasteiger partial charge in [-0.1, -0.05) is 0 Å². The second kappa shape index (κ2) is 4.85. The van der Waals surface area contributed by atoms with E-state index in [4.69, 9.17) is 10.5 Å². The molecular formula is C15H20N2O2. The Morgan fingerprint density at radius 3 is 2.79 bits per heavy atom. The first kappa shape index (κ1) is 12.5. The van der Waals surface area contributed by atoms with Crippen molar-refractivity contribution in [3.63, 3.8) is 0 Å². The number of hydrogen-bond acceptors (Lipinski definition) is 3. The van der Waals surface area contributed by atoms with Gasteiger partial charge in [0, 0.05) is 17.9 Å². The number of nitrogens with two attached hydrogens (primary N) is 1. The number of amides is 1. The van der Waals surface area contributed by atoms with E-state index in [2.05, 4.69) is 5.32 Å². The minimum Gasteiger partial charge on any atom is -0.399 e. The van der Waals surface area contributed by atoms with Gasteiger partial charge in [0.15, 0.2) is 0 Å². The van der Waals surface area contributed by atoms with Crippen LogP contribution < -0.4 is 11.1 Å². The number of rotatable bonds is 3. The van der Waals surface area contributed by atoms with Gasteiger partial charge in [-0.15, -0.1) is 0 Å². The lowest BCUT2D eigenvalue weighted by Gasteiger charge is -2.19. The maximum atomic E-state index is 12.3. The second-order valence-electron chi connectivity index (χ2n) is 5.67. The van der Waals surface area contributed by atoms with Gasteiger partial charge < -0.3 is 15.8 Å². The molecule has 1 saturated heterocycles. The summed E-state index contributed by atoms with van der Waals surface area (Å²) in [5, 5.41) is 3.10.